The lowest BCUT2D eigenvalue weighted by molar-refractivity contribution is 0.373. The predicted molar refractivity (Wildman–Crippen MR) is 41.3 cm³/mol. The molecule has 0 amide bonds. The normalized spacial score (nSPS) is 31.6. The molecule has 1 nitrogen and oxygen atoms in total. The van der Waals surface area contributed by atoms with E-state index in [1.165, 1.54) is 19.3 Å². The number of nitriles is 1. The van der Waals surface area contributed by atoms with Crippen LogP contribution in [0.5, 0.6) is 0 Å². The average Bonchev–Trinajstić information content (AvgIpc) is 1.89. The van der Waals surface area contributed by atoms with E-state index in [1.807, 2.05) is 0 Å². The third-order valence-corrected chi connectivity index (χ3v) is 2.12. The van der Waals surface area contributed by atoms with E-state index >= 15 is 0 Å². The van der Waals surface area contributed by atoms with Gasteiger partial charge in [0.05, 0.1) is 6.07 Å². The molecule has 1 aliphatic rings. The molecule has 1 heteroatoms. The number of allylic oxidation sites excluding steroid dienone is 2. The second kappa shape index (κ2) is 2.88. The van der Waals surface area contributed by atoms with Gasteiger partial charge in [-0.05, 0) is 24.7 Å². The SMILES string of the molecule is CC1(CC#N)C=CCCC1. The van der Waals surface area contributed by atoms with Crippen LogP contribution in [0, 0.1) is 16.7 Å². The van der Waals surface area contributed by atoms with Gasteiger partial charge in [-0.1, -0.05) is 19.1 Å². The summed E-state index contributed by atoms with van der Waals surface area (Å²) < 4.78 is 0. The first-order valence-corrected chi connectivity index (χ1v) is 3.81. The average molecular weight is 135 g/mol. The van der Waals surface area contributed by atoms with Gasteiger partial charge in [0.25, 0.3) is 0 Å². The van der Waals surface area contributed by atoms with Crippen LogP contribution >= 0.6 is 0 Å². The lowest BCUT2D eigenvalue weighted by Crippen LogP contribution is -2.14. The maximum Gasteiger partial charge on any atom is 0.0630 e. The van der Waals surface area contributed by atoms with Gasteiger partial charge in [0.15, 0.2) is 0 Å². The minimum absolute atomic E-state index is 0.188. The first-order valence-electron chi connectivity index (χ1n) is 3.81. The van der Waals surface area contributed by atoms with Crippen molar-refractivity contribution in [1.29, 1.82) is 5.26 Å². The molecule has 1 atom stereocenters. The molecular weight excluding hydrogens is 122 g/mol. The van der Waals surface area contributed by atoms with Gasteiger partial charge in [-0.25, -0.2) is 0 Å². The molecule has 1 unspecified atom stereocenters. The molecule has 0 aromatic rings. The summed E-state index contributed by atoms with van der Waals surface area (Å²) in [5.74, 6) is 0. The minimum atomic E-state index is 0.188. The van der Waals surface area contributed by atoms with Crippen LogP contribution in [0.3, 0.4) is 0 Å². The van der Waals surface area contributed by atoms with Gasteiger partial charge >= 0.3 is 0 Å². The van der Waals surface area contributed by atoms with Gasteiger partial charge in [-0.2, -0.15) is 5.26 Å². The van der Waals surface area contributed by atoms with Gasteiger partial charge in [-0.15, -0.1) is 0 Å². The van der Waals surface area contributed by atoms with Gasteiger partial charge in [0, 0.05) is 6.42 Å². The zero-order chi connectivity index (χ0) is 7.45. The third kappa shape index (κ3) is 1.60. The van der Waals surface area contributed by atoms with E-state index in [-0.39, 0.29) is 5.41 Å². The number of rotatable bonds is 1. The summed E-state index contributed by atoms with van der Waals surface area (Å²) in [6, 6.07) is 2.23. The maximum absolute atomic E-state index is 8.50. The molecule has 0 saturated carbocycles. The molecule has 1 rings (SSSR count). The van der Waals surface area contributed by atoms with Crippen LogP contribution in [0.1, 0.15) is 32.6 Å². The lowest BCUT2D eigenvalue weighted by Gasteiger charge is -2.25. The van der Waals surface area contributed by atoms with Crippen LogP contribution in [0.4, 0.5) is 0 Å². The molecule has 1 aliphatic carbocycles. The minimum Gasteiger partial charge on any atom is -0.198 e. The Morgan fingerprint density at radius 3 is 3.00 bits per heavy atom. The highest BCUT2D eigenvalue weighted by molar-refractivity contribution is 5.04. The Morgan fingerprint density at radius 1 is 1.70 bits per heavy atom. The lowest BCUT2D eigenvalue weighted by atomic mass is 9.79. The summed E-state index contributed by atoms with van der Waals surface area (Å²) in [5.41, 5.74) is 0.188. The van der Waals surface area contributed by atoms with Gasteiger partial charge < -0.3 is 0 Å². The molecule has 0 aromatic carbocycles. The van der Waals surface area contributed by atoms with Crippen molar-refractivity contribution in [3.05, 3.63) is 12.2 Å². The Hall–Kier alpha value is -0.770. The highest BCUT2D eigenvalue weighted by atomic mass is 14.3. The summed E-state index contributed by atoms with van der Waals surface area (Å²) in [6.45, 7) is 2.16. The monoisotopic (exact) mass is 135 g/mol. The molecule has 0 bridgehead atoms. The van der Waals surface area contributed by atoms with Gasteiger partial charge in [0.1, 0.15) is 0 Å². The fourth-order valence-corrected chi connectivity index (χ4v) is 1.40. The van der Waals surface area contributed by atoms with Gasteiger partial charge in [-0.3, -0.25) is 0 Å². The van der Waals surface area contributed by atoms with E-state index in [9.17, 15) is 0 Å². The highest BCUT2D eigenvalue weighted by Gasteiger charge is 2.21. The van der Waals surface area contributed by atoms with Crippen LogP contribution in [0.2, 0.25) is 0 Å². The van der Waals surface area contributed by atoms with Crippen molar-refractivity contribution < 1.29 is 0 Å². The first kappa shape index (κ1) is 7.34. The number of nitrogens with zero attached hydrogens (tertiary/aromatic N) is 1. The Balaban J connectivity index is 2.58. The Labute approximate surface area is 62.4 Å². The maximum atomic E-state index is 8.50. The first-order chi connectivity index (χ1) is 4.77. The summed E-state index contributed by atoms with van der Waals surface area (Å²) in [7, 11) is 0. The van der Waals surface area contributed by atoms with Crippen LogP contribution in [-0.4, -0.2) is 0 Å². The van der Waals surface area contributed by atoms with Crippen molar-refractivity contribution in [3.8, 4) is 6.07 Å². The van der Waals surface area contributed by atoms with Crippen LogP contribution < -0.4 is 0 Å². The molecule has 0 fully saturated rings. The van der Waals surface area contributed by atoms with Crippen molar-refractivity contribution in [2.45, 2.75) is 32.6 Å². The van der Waals surface area contributed by atoms with Crippen LogP contribution in [0.25, 0.3) is 0 Å². The standard InChI is InChI=1S/C9H13N/c1-9(7-8-10)5-3-2-4-6-9/h3,5H,2,4,6-7H2,1H3. The van der Waals surface area contributed by atoms with Crippen molar-refractivity contribution >= 4 is 0 Å². The van der Waals surface area contributed by atoms with Crippen LogP contribution in [-0.2, 0) is 0 Å². The van der Waals surface area contributed by atoms with E-state index < -0.39 is 0 Å². The summed E-state index contributed by atoms with van der Waals surface area (Å²) in [6.07, 6.45) is 8.68. The Bertz CT molecular complexity index is 176. The van der Waals surface area contributed by atoms with E-state index in [4.69, 9.17) is 5.26 Å². The molecule has 0 aliphatic heterocycles. The third-order valence-electron chi connectivity index (χ3n) is 2.12. The summed E-state index contributed by atoms with van der Waals surface area (Å²) >= 11 is 0. The summed E-state index contributed by atoms with van der Waals surface area (Å²) in [5, 5.41) is 8.50. The Morgan fingerprint density at radius 2 is 2.50 bits per heavy atom. The van der Waals surface area contributed by atoms with E-state index in [0.29, 0.717) is 6.42 Å². The summed E-state index contributed by atoms with van der Waals surface area (Å²) in [4.78, 5) is 0. The quantitative estimate of drug-likeness (QED) is 0.507. The smallest absolute Gasteiger partial charge is 0.0630 e. The van der Waals surface area contributed by atoms with Crippen molar-refractivity contribution in [3.63, 3.8) is 0 Å². The molecule has 0 spiro atoms. The zero-order valence-electron chi connectivity index (χ0n) is 6.43. The second-order valence-electron chi connectivity index (χ2n) is 3.28. The highest BCUT2D eigenvalue weighted by Crippen LogP contribution is 2.32. The van der Waals surface area contributed by atoms with Crippen LogP contribution in [0.15, 0.2) is 12.2 Å². The second-order valence-corrected chi connectivity index (χ2v) is 3.28. The van der Waals surface area contributed by atoms with E-state index in [2.05, 4.69) is 25.1 Å². The van der Waals surface area contributed by atoms with E-state index in [1.54, 1.807) is 0 Å². The zero-order valence-corrected chi connectivity index (χ0v) is 6.43. The van der Waals surface area contributed by atoms with Gasteiger partial charge in [0.2, 0.25) is 0 Å². The largest absolute Gasteiger partial charge is 0.198 e. The molecule has 10 heavy (non-hydrogen) atoms. The fourth-order valence-electron chi connectivity index (χ4n) is 1.40. The number of hydrogen-bond acceptors (Lipinski definition) is 1. The molecule has 0 radical (unpaired) electrons. The molecule has 0 aromatic heterocycles. The van der Waals surface area contributed by atoms with Crippen molar-refractivity contribution in [2.24, 2.45) is 5.41 Å². The molecule has 54 valence electrons. The molecule has 0 N–H and O–H groups in total. The Kier molecular flexibility index (Phi) is 2.11. The molecule has 0 heterocycles. The predicted octanol–water partition coefficient (Wildman–Crippen LogP) is 2.65. The molecular formula is C9H13N. The van der Waals surface area contributed by atoms with Crippen molar-refractivity contribution in [1.82, 2.24) is 0 Å². The number of hydrogen-bond donors (Lipinski definition) is 0. The fraction of sp³-hybridized carbons (Fsp3) is 0.667. The van der Waals surface area contributed by atoms with E-state index in [0.717, 1.165) is 0 Å². The topological polar surface area (TPSA) is 23.8 Å². The molecule has 0 saturated heterocycles. The van der Waals surface area contributed by atoms with Crippen molar-refractivity contribution in [2.75, 3.05) is 0 Å².